The largest absolute Gasteiger partial charge is 0.481 e. The minimum atomic E-state index is -1.05. The molecule has 0 saturated heterocycles. The van der Waals surface area contributed by atoms with Gasteiger partial charge in [0.05, 0.1) is 57.2 Å². The second kappa shape index (κ2) is 67.2. The van der Waals surface area contributed by atoms with Gasteiger partial charge in [-0.3, -0.25) is 38.4 Å². The Morgan fingerprint density at radius 2 is 0.804 bits per heavy atom. The van der Waals surface area contributed by atoms with Gasteiger partial charge in [-0.1, -0.05) is 59.7 Å². The van der Waals surface area contributed by atoms with Crippen LogP contribution >= 0.6 is 23.5 Å². The third-order valence-electron chi connectivity index (χ3n) is 11.9. The number of carbonyl (C=O) groups excluding carboxylic acids is 9. The van der Waals surface area contributed by atoms with Crippen molar-refractivity contribution in [3.63, 3.8) is 0 Å². The predicted molar refractivity (Wildman–Crippen MR) is 363 cm³/mol. The highest BCUT2D eigenvalue weighted by Gasteiger charge is 2.29. The number of carboxylic acid groups (broad SMARTS) is 1. The molecule has 5 N–H and O–H groups in total. The Labute approximate surface area is 560 Å². The Hall–Kier alpha value is -5.22. The van der Waals surface area contributed by atoms with Crippen LogP contribution in [0.2, 0.25) is 0 Å². The smallest absolute Gasteiger partial charge is 0.373 e. The molecule has 0 heterocycles. The number of aliphatic hydroxyl groups excluding tert-OH is 2. The van der Waals surface area contributed by atoms with Gasteiger partial charge in [-0.15, -0.1) is 0 Å². The highest BCUT2D eigenvalue weighted by molar-refractivity contribution is 7.99. The summed E-state index contributed by atoms with van der Waals surface area (Å²) in [5.74, 6) is -0.843. The molecule has 0 spiro atoms. The Kier molecular flexibility index (Phi) is 71.5. The number of amides is 1. The second-order valence-electron chi connectivity index (χ2n) is 22.3. The van der Waals surface area contributed by atoms with Crippen LogP contribution in [0.4, 0.5) is 0 Å². The molecule has 0 fully saturated rings. The van der Waals surface area contributed by atoms with Gasteiger partial charge < -0.3 is 74.0 Å². The van der Waals surface area contributed by atoms with E-state index in [1.165, 1.54) is 50.6 Å². The van der Waals surface area contributed by atoms with Crippen molar-refractivity contribution in [1.29, 1.82) is 0 Å². The van der Waals surface area contributed by atoms with E-state index in [4.69, 9.17) is 43.1 Å². The Balaban J connectivity index is -0.000000265. The number of rotatable bonds is 42. The van der Waals surface area contributed by atoms with Crippen molar-refractivity contribution in [2.75, 3.05) is 165 Å². The molecular formula is C65H122N6O19S2. The zero-order valence-electron chi connectivity index (χ0n) is 59.3. The van der Waals surface area contributed by atoms with Crippen molar-refractivity contribution in [2.24, 2.45) is 10.8 Å². The molecule has 1 rings (SSSR count). The summed E-state index contributed by atoms with van der Waals surface area (Å²) in [5, 5.41) is 33.8. The van der Waals surface area contributed by atoms with Crippen molar-refractivity contribution >= 4 is 77.4 Å². The average Bonchev–Trinajstić information content (AvgIpc) is 1.39. The first-order valence-electron chi connectivity index (χ1n) is 31.6. The maximum absolute atomic E-state index is 11.7. The normalized spacial score (nSPS) is 11.1. The number of thioether (sulfide) groups is 2. The molecule has 2 atom stereocenters. The number of aliphatic carboxylic acids is 1. The van der Waals surface area contributed by atoms with E-state index < -0.39 is 52.9 Å². The minimum absolute atomic E-state index is 0.0995. The van der Waals surface area contributed by atoms with Crippen LogP contribution in [-0.4, -0.2) is 266 Å². The van der Waals surface area contributed by atoms with Gasteiger partial charge >= 0.3 is 47.9 Å². The average molecular weight is 1360 g/mol. The van der Waals surface area contributed by atoms with Gasteiger partial charge in [-0.25, -0.2) is 0 Å². The van der Waals surface area contributed by atoms with Crippen molar-refractivity contribution in [2.45, 2.75) is 152 Å². The van der Waals surface area contributed by atoms with Gasteiger partial charge in [0.25, 0.3) is 5.91 Å². The predicted octanol–water partition coefficient (Wildman–Crippen LogP) is 6.60. The van der Waals surface area contributed by atoms with Crippen molar-refractivity contribution in [3.8, 4) is 0 Å². The number of ether oxygens (including phenoxy) is 6. The summed E-state index contributed by atoms with van der Waals surface area (Å²) >= 11 is 2.91. The highest BCUT2D eigenvalue weighted by atomic mass is 32.2. The van der Waals surface area contributed by atoms with E-state index in [1.54, 1.807) is 32.6 Å². The molecule has 0 aliphatic carbocycles. The van der Waals surface area contributed by atoms with Crippen LogP contribution in [0.15, 0.2) is 30.3 Å². The number of carboxylic acids is 1. The molecule has 0 saturated carbocycles. The number of esters is 6. The fourth-order valence-electron chi connectivity index (χ4n) is 6.85. The van der Waals surface area contributed by atoms with Gasteiger partial charge in [-0.05, 0) is 146 Å². The maximum atomic E-state index is 11.7. The van der Waals surface area contributed by atoms with Crippen molar-refractivity contribution in [3.05, 3.63) is 35.9 Å². The summed E-state index contributed by atoms with van der Waals surface area (Å²) in [6.07, 6.45) is 5.79. The van der Waals surface area contributed by atoms with E-state index >= 15 is 0 Å². The number of benzene rings is 1. The van der Waals surface area contributed by atoms with Gasteiger partial charge in [-0.2, -0.15) is 33.1 Å². The molecule has 1 aromatic carbocycles. The quantitative estimate of drug-likeness (QED) is 0.0262. The van der Waals surface area contributed by atoms with Crippen LogP contribution in [0.5, 0.6) is 0 Å². The lowest BCUT2D eigenvalue weighted by Gasteiger charge is -2.20. The number of hydrogen-bond donors (Lipinski definition) is 5. The van der Waals surface area contributed by atoms with E-state index in [0.717, 1.165) is 70.5 Å². The number of aliphatic hydroxyl groups is 2. The topological polar surface area (TPSA) is 324 Å². The monoisotopic (exact) mass is 1350 g/mol. The number of nitrogens with one attached hydrogen (secondary N) is 2. The summed E-state index contributed by atoms with van der Waals surface area (Å²) in [6.45, 7) is 26.6. The fourth-order valence-corrected chi connectivity index (χ4v) is 9.01. The molecular weight excluding hydrogens is 1230 g/mol. The number of nitrogens with zero attached hydrogens (tertiary/aromatic N) is 4. The van der Waals surface area contributed by atoms with E-state index in [9.17, 15) is 48.6 Å². The lowest BCUT2D eigenvalue weighted by molar-refractivity contribution is -0.192. The van der Waals surface area contributed by atoms with E-state index in [0.29, 0.717) is 42.6 Å². The third kappa shape index (κ3) is 67.7. The third-order valence-corrected chi connectivity index (χ3v) is 14.7. The van der Waals surface area contributed by atoms with Gasteiger partial charge in [0.2, 0.25) is 0 Å². The highest BCUT2D eigenvalue weighted by Crippen LogP contribution is 2.25. The van der Waals surface area contributed by atoms with Crippen LogP contribution in [0.25, 0.3) is 0 Å². The van der Waals surface area contributed by atoms with Gasteiger partial charge in [0.15, 0.2) is 0 Å². The summed E-state index contributed by atoms with van der Waals surface area (Å²) in [7, 11) is 14.2. The Morgan fingerprint density at radius 1 is 0.500 bits per heavy atom. The molecule has 92 heavy (non-hydrogen) atoms. The zero-order valence-corrected chi connectivity index (χ0v) is 61.0. The van der Waals surface area contributed by atoms with E-state index in [-0.39, 0.29) is 82.5 Å². The molecule has 0 bridgehead atoms. The lowest BCUT2D eigenvalue weighted by Crippen LogP contribution is -2.28. The number of hydrogen-bond acceptors (Lipinski definition) is 25. The first kappa shape index (κ1) is 97.9. The Morgan fingerprint density at radius 3 is 1.07 bits per heavy atom. The van der Waals surface area contributed by atoms with Crippen LogP contribution in [-0.2, 0) is 71.6 Å². The molecule has 27 heteroatoms. The van der Waals surface area contributed by atoms with E-state index in [1.807, 2.05) is 87.3 Å². The van der Waals surface area contributed by atoms with E-state index in [2.05, 4.69) is 52.2 Å². The van der Waals surface area contributed by atoms with Gasteiger partial charge in [0.1, 0.15) is 38.6 Å². The molecule has 538 valence electrons. The molecule has 0 aliphatic heterocycles. The minimum Gasteiger partial charge on any atom is -0.481 e. The standard InChI is InChI=1S/2C19H35NO7S.C11H15NO.C7H15NO2.2C4H11N.CO2/c2*1-6-9-20(4)10-7-16(22)26-12-15(21)13-27-17(23)8-11-28-14-19(2,3)18(24)25-5;1-3-9-12(2)11(13)10-7-5-4-6-8-10;1-3-5-8(2)6-4-7(9)10;2*1-3-4-5-2;2-1-3/h2*15,21H,6-14H2,1-5H3;4-8H,3,9H2,1-2H3;3-6H2,1-2H3,(H,9,10);2*5H,3-4H2,1-2H3;. The fraction of sp³-hybridized carbons (Fsp3) is 0.769. The zero-order chi connectivity index (χ0) is 71.8. The first-order chi connectivity index (χ1) is 43.4. The van der Waals surface area contributed by atoms with Crippen LogP contribution in [0.3, 0.4) is 0 Å². The summed E-state index contributed by atoms with van der Waals surface area (Å²) in [4.78, 5) is 116. The SMILES string of the molecule is CCCN(C)C(=O)c1ccccc1.CCCN(C)CCC(=O)O.CCCN(C)CCC(=O)OCC(O)COC(=O)CCSCC(C)(C)C(=O)OC.CCCN(C)CCC(=O)OCC(O)COC(=O)CCSCC(C)(C)C(=O)OC.CCCNC.CCCNC.O=C=O. The summed E-state index contributed by atoms with van der Waals surface area (Å²) in [6, 6.07) is 9.36. The molecule has 0 aliphatic rings. The van der Waals surface area contributed by atoms with Crippen LogP contribution in [0, 0.1) is 10.8 Å². The van der Waals surface area contributed by atoms with Crippen molar-refractivity contribution in [1.82, 2.24) is 30.2 Å². The summed E-state index contributed by atoms with van der Waals surface area (Å²) < 4.78 is 29.4. The molecule has 2 unspecified atom stereocenters. The van der Waals surface area contributed by atoms with Crippen LogP contribution < -0.4 is 10.6 Å². The van der Waals surface area contributed by atoms with Crippen LogP contribution in [0.1, 0.15) is 150 Å². The number of methoxy groups -OCH3 is 2. The molecule has 25 nitrogen and oxygen atoms in total. The first-order valence-corrected chi connectivity index (χ1v) is 33.9. The Bertz CT molecular complexity index is 1940. The maximum Gasteiger partial charge on any atom is 0.373 e. The number of carbonyl (C=O) groups is 8. The molecule has 0 radical (unpaired) electrons. The summed E-state index contributed by atoms with van der Waals surface area (Å²) in [5.41, 5.74) is -0.470. The molecule has 0 aromatic heterocycles. The van der Waals surface area contributed by atoms with Gasteiger partial charge in [0, 0.05) is 61.8 Å². The second-order valence-corrected chi connectivity index (χ2v) is 24.5. The molecule has 1 aromatic rings. The van der Waals surface area contributed by atoms with Crippen molar-refractivity contribution < 1.29 is 91.7 Å². The molecule has 1 amide bonds. The lowest BCUT2D eigenvalue weighted by atomic mass is 9.97.